The average Bonchev–Trinajstić information content (AvgIpc) is 2.55. The summed E-state index contributed by atoms with van der Waals surface area (Å²) in [5.74, 6) is 1.27. The third kappa shape index (κ3) is 3.66. The third-order valence-corrected chi connectivity index (χ3v) is 3.15. The van der Waals surface area contributed by atoms with Gasteiger partial charge >= 0.3 is 6.03 Å². The van der Waals surface area contributed by atoms with Crippen LogP contribution in [-0.2, 0) is 6.54 Å². The molecule has 1 N–H and O–H groups in total. The maximum Gasteiger partial charge on any atom is 0.321 e. The van der Waals surface area contributed by atoms with E-state index in [2.05, 4.69) is 10.3 Å². The maximum atomic E-state index is 12.2. The van der Waals surface area contributed by atoms with Crippen LogP contribution in [0.1, 0.15) is 5.56 Å². The molecule has 1 aromatic carbocycles. The summed E-state index contributed by atoms with van der Waals surface area (Å²) in [4.78, 5) is 17.7. The minimum Gasteiger partial charge on any atom is -0.493 e. The third-order valence-electron chi connectivity index (χ3n) is 3.15. The van der Waals surface area contributed by atoms with E-state index < -0.39 is 0 Å². The standard InChI is InChI=1S/C16H19N3O3/c1-19(16(20)18-13-7-5-9-17-10-13)11-12-6-4-8-14(21-2)15(12)22-3/h4-10H,11H2,1-3H3,(H,18,20). The molecule has 2 amide bonds. The summed E-state index contributed by atoms with van der Waals surface area (Å²) in [6.45, 7) is 0.395. The first-order valence-electron chi connectivity index (χ1n) is 6.77. The molecule has 6 nitrogen and oxygen atoms in total. The molecule has 6 heteroatoms. The quantitative estimate of drug-likeness (QED) is 0.922. The molecule has 116 valence electrons. The smallest absolute Gasteiger partial charge is 0.321 e. The lowest BCUT2D eigenvalue weighted by Crippen LogP contribution is -2.31. The van der Waals surface area contributed by atoms with E-state index in [1.807, 2.05) is 18.2 Å². The van der Waals surface area contributed by atoms with Gasteiger partial charge in [-0.1, -0.05) is 12.1 Å². The Balaban J connectivity index is 2.08. The number of hydrogen-bond donors (Lipinski definition) is 1. The molecule has 0 spiro atoms. The van der Waals surface area contributed by atoms with Crippen molar-refractivity contribution in [2.45, 2.75) is 6.54 Å². The monoisotopic (exact) mass is 301 g/mol. The van der Waals surface area contributed by atoms with Gasteiger partial charge in [0, 0.05) is 18.8 Å². The van der Waals surface area contributed by atoms with Gasteiger partial charge in [0.15, 0.2) is 11.5 Å². The first-order chi connectivity index (χ1) is 10.7. The van der Waals surface area contributed by atoms with Crippen molar-refractivity contribution in [2.75, 3.05) is 26.6 Å². The average molecular weight is 301 g/mol. The van der Waals surface area contributed by atoms with Gasteiger partial charge in [-0.05, 0) is 18.2 Å². The van der Waals surface area contributed by atoms with Gasteiger partial charge in [0.25, 0.3) is 0 Å². The number of nitrogens with zero attached hydrogens (tertiary/aromatic N) is 2. The molecular formula is C16H19N3O3. The van der Waals surface area contributed by atoms with E-state index in [-0.39, 0.29) is 6.03 Å². The number of rotatable bonds is 5. The van der Waals surface area contributed by atoms with Crippen molar-refractivity contribution in [3.05, 3.63) is 48.3 Å². The molecule has 1 heterocycles. The van der Waals surface area contributed by atoms with Crippen LogP contribution in [-0.4, -0.2) is 37.2 Å². The number of amides is 2. The molecule has 22 heavy (non-hydrogen) atoms. The van der Waals surface area contributed by atoms with Crippen LogP contribution in [0, 0.1) is 0 Å². The predicted octanol–water partition coefficient (Wildman–Crippen LogP) is 2.76. The second-order valence-electron chi connectivity index (χ2n) is 4.68. The summed E-state index contributed by atoms with van der Waals surface area (Å²) >= 11 is 0. The Hall–Kier alpha value is -2.76. The van der Waals surface area contributed by atoms with Crippen molar-refractivity contribution < 1.29 is 14.3 Å². The van der Waals surface area contributed by atoms with Gasteiger partial charge in [-0.25, -0.2) is 4.79 Å². The summed E-state index contributed by atoms with van der Waals surface area (Å²) in [7, 11) is 4.88. The Labute approximate surface area is 129 Å². The number of benzene rings is 1. The first kappa shape index (κ1) is 15.6. The van der Waals surface area contributed by atoms with Crippen molar-refractivity contribution in [2.24, 2.45) is 0 Å². The van der Waals surface area contributed by atoms with Crippen LogP contribution in [0.4, 0.5) is 10.5 Å². The maximum absolute atomic E-state index is 12.2. The molecule has 0 saturated heterocycles. The highest BCUT2D eigenvalue weighted by Gasteiger charge is 2.14. The van der Waals surface area contributed by atoms with Crippen molar-refractivity contribution in [1.82, 2.24) is 9.88 Å². The molecule has 0 aliphatic heterocycles. The number of urea groups is 1. The van der Waals surface area contributed by atoms with Gasteiger partial charge in [0.1, 0.15) is 0 Å². The minimum atomic E-state index is -0.224. The summed E-state index contributed by atoms with van der Waals surface area (Å²) in [6, 6.07) is 8.90. The largest absolute Gasteiger partial charge is 0.493 e. The molecule has 0 radical (unpaired) electrons. The lowest BCUT2D eigenvalue weighted by molar-refractivity contribution is 0.220. The van der Waals surface area contributed by atoms with Crippen molar-refractivity contribution in [1.29, 1.82) is 0 Å². The van der Waals surface area contributed by atoms with Gasteiger partial charge in [0.2, 0.25) is 0 Å². The highest BCUT2D eigenvalue weighted by atomic mass is 16.5. The number of anilines is 1. The van der Waals surface area contributed by atoms with Crippen LogP contribution < -0.4 is 14.8 Å². The van der Waals surface area contributed by atoms with Gasteiger partial charge < -0.3 is 19.7 Å². The molecule has 1 aromatic heterocycles. The predicted molar refractivity (Wildman–Crippen MR) is 84.3 cm³/mol. The highest BCUT2D eigenvalue weighted by Crippen LogP contribution is 2.31. The van der Waals surface area contributed by atoms with Gasteiger partial charge in [-0.2, -0.15) is 0 Å². The SMILES string of the molecule is COc1cccc(CN(C)C(=O)Nc2cccnc2)c1OC. The van der Waals surface area contributed by atoms with Crippen LogP contribution in [0.5, 0.6) is 11.5 Å². The van der Waals surface area contributed by atoms with Crippen LogP contribution in [0.15, 0.2) is 42.7 Å². The minimum absolute atomic E-state index is 0.224. The lowest BCUT2D eigenvalue weighted by Gasteiger charge is -2.20. The molecular weight excluding hydrogens is 282 g/mol. The second kappa shape index (κ2) is 7.31. The fraction of sp³-hybridized carbons (Fsp3) is 0.250. The van der Waals surface area contributed by atoms with Crippen molar-refractivity contribution in [3.8, 4) is 11.5 Å². The Kier molecular flexibility index (Phi) is 5.19. The molecule has 0 bridgehead atoms. The van der Waals surface area contributed by atoms with Crippen LogP contribution in [0.25, 0.3) is 0 Å². The number of hydrogen-bond acceptors (Lipinski definition) is 4. The van der Waals surface area contributed by atoms with Crippen LogP contribution >= 0.6 is 0 Å². The zero-order chi connectivity index (χ0) is 15.9. The van der Waals surface area contributed by atoms with Crippen LogP contribution in [0.2, 0.25) is 0 Å². The summed E-state index contributed by atoms with van der Waals surface area (Å²) < 4.78 is 10.6. The molecule has 2 aromatic rings. The van der Waals surface area contributed by atoms with E-state index in [1.54, 1.807) is 50.7 Å². The molecule has 0 saturated carbocycles. The zero-order valence-corrected chi connectivity index (χ0v) is 12.9. The fourth-order valence-electron chi connectivity index (χ4n) is 2.06. The number of para-hydroxylation sites is 1. The topological polar surface area (TPSA) is 63.7 Å². The Morgan fingerprint density at radius 1 is 1.23 bits per heavy atom. The van der Waals surface area contributed by atoms with Crippen molar-refractivity contribution in [3.63, 3.8) is 0 Å². The Morgan fingerprint density at radius 3 is 2.68 bits per heavy atom. The van der Waals surface area contributed by atoms with E-state index in [0.717, 1.165) is 5.56 Å². The molecule has 0 atom stereocenters. The first-order valence-corrected chi connectivity index (χ1v) is 6.77. The number of carbonyl (C=O) groups excluding carboxylic acids is 1. The zero-order valence-electron chi connectivity index (χ0n) is 12.9. The van der Waals surface area contributed by atoms with E-state index >= 15 is 0 Å². The number of ether oxygens (including phenoxy) is 2. The number of methoxy groups -OCH3 is 2. The van der Waals surface area contributed by atoms with Gasteiger partial charge in [0.05, 0.1) is 32.6 Å². The molecule has 0 unspecified atom stereocenters. The molecule has 0 aliphatic rings. The van der Waals surface area contributed by atoms with Crippen molar-refractivity contribution >= 4 is 11.7 Å². The fourth-order valence-corrected chi connectivity index (χ4v) is 2.06. The Morgan fingerprint density at radius 2 is 2.05 bits per heavy atom. The highest BCUT2D eigenvalue weighted by molar-refractivity contribution is 5.88. The van der Waals surface area contributed by atoms with E-state index in [0.29, 0.717) is 23.7 Å². The van der Waals surface area contributed by atoms with Crippen LogP contribution in [0.3, 0.4) is 0 Å². The number of aromatic nitrogens is 1. The molecule has 0 fully saturated rings. The lowest BCUT2D eigenvalue weighted by atomic mass is 10.1. The second-order valence-corrected chi connectivity index (χ2v) is 4.68. The summed E-state index contributed by atoms with van der Waals surface area (Å²) in [5, 5.41) is 2.78. The van der Waals surface area contributed by atoms with E-state index in [4.69, 9.17) is 9.47 Å². The number of pyridine rings is 1. The normalized spacial score (nSPS) is 9.95. The molecule has 2 rings (SSSR count). The summed E-state index contributed by atoms with van der Waals surface area (Å²) in [6.07, 6.45) is 3.25. The van der Waals surface area contributed by atoms with Gasteiger partial charge in [-0.3, -0.25) is 4.98 Å². The molecule has 0 aliphatic carbocycles. The van der Waals surface area contributed by atoms with E-state index in [9.17, 15) is 4.79 Å². The van der Waals surface area contributed by atoms with Gasteiger partial charge in [-0.15, -0.1) is 0 Å². The number of carbonyl (C=O) groups is 1. The Bertz CT molecular complexity index is 632. The van der Waals surface area contributed by atoms with E-state index in [1.165, 1.54) is 0 Å². The number of nitrogens with one attached hydrogen (secondary N) is 1. The summed E-state index contributed by atoms with van der Waals surface area (Å²) in [5.41, 5.74) is 1.52.